The summed E-state index contributed by atoms with van der Waals surface area (Å²) in [6, 6.07) is 9.50. The van der Waals surface area contributed by atoms with Crippen LogP contribution in [0.15, 0.2) is 36.5 Å². The summed E-state index contributed by atoms with van der Waals surface area (Å²) in [5.41, 5.74) is 1.32. The maximum absolute atomic E-state index is 15.3. The molecule has 2 aromatic rings. The fourth-order valence-corrected chi connectivity index (χ4v) is 5.97. The van der Waals surface area contributed by atoms with Gasteiger partial charge in [0.05, 0.1) is 5.52 Å². The van der Waals surface area contributed by atoms with Gasteiger partial charge in [0.1, 0.15) is 7.14 Å². The number of halogens is 1. The molecule has 1 aromatic carbocycles. The van der Waals surface area contributed by atoms with Crippen LogP contribution in [-0.2, 0) is 4.57 Å². The van der Waals surface area contributed by atoms with Gasteiger partial charge < -0.3 is 4.57 Å². The molecule has 24 heavy (non-hydrogen) atoms. The van der Waals surface area contributed by atoms with Crippen LogP contribution in [-0.4, -0.2) is 17.3 Å². The van der Waals surface area contributed by atoms with E-state index in [1.54, 1.807) is 6.20 Å². The molecule has 2 nitrogen and oxygen atoms in total. The predicted octanol–water partition coefficient (Wildman–Crippen LogP) is 6.95. The molecule has 0 amide bonds. The number of fused-ring (bicyclic) bond motifs is 1. The molecule has 0 bridgehead atoms. The molecule has 1 heterocycles. The second kappa shape index (κ2) is 9.32. The molecule has 1 aromatic heterocycles. The van der Waals surface area contributed by atoms with Gasteiger partial charge in [-0.05, 0) is 25.0 Å². The summed E-state index contributed by atoms with van der Waals surface area (Å²) >= 11 is 0. The molecule has 1 atom stereocenters. The smallest absolute Gasteiger partial charge is 0.179 e. The third kappa shape index (κ3) is 4.89. The van der Waals surface area contributed by atoms with Crippen LogP contribution in [0.5, 0.6) is 0 Å². The topological polar surface area (TPSA) is 30.0 Å². The lowest BCUT2D eigenvalue weighted by molar-refractivity contribution is 0.426. The van der Waals surface area contributed by atoms with Crippen LogP contribution in [0.1, 0.15) is 63.8 Å². The van der Waals surface area contributed by atoms with Crippen molar-refractivity contribution in [3.8, 4) is 0 Å². The van der Waals surface area contributed by atoms with E-state index in [-0.39, 0.29) is 0 Å². The SMILES string of the molecule is CCCCCP(=O)(CCCCC)C(F)c1cnc2ccccc2c1. The average molecular weight is 349 g/mol. The summed E-state index contributed by atoms with van der Waals surface area (Å²) in [7, 11) is -2.88. The van der Waals surface area contributed by atoms with Crippen molar-refractivity contribution in [1.82, 2.24) is 4.98 Å². The largest absolute Gasteiger partial charge is 0.320 e. The van der Waals surface area contributed by atoms with Crippen molar-refractivity contribution < 1.29 is 8.96 Å². The molecule has 0 saturated heterocycles. The zero-order valence-corrected chi connectivity index (χ0v) is 15.8. The van der Waals surface area contributed by atoms with E-state index in [0.29, 0.717) is 17.9 Å². The summed E-state index contributed by atoms with van der Waals surface area (Å²) < 4.78 is 28.7. The first-order valence-corrected chi connectivity index (χ1v) is 11.3. The van der Waals surface area contributed by atoms with E-state index in [1.807, 2.05) is 30.3 Å². The van der Waals surface area contributed by atoms with Crippen molar-refractivity contribution in [3.05, 3.63) is 42.1 Å². The third-order valence-electron chi connectivity index (χ3n) is 4.58. The van der Waals surface area contributed by atoms with Crippen LogP contribution in [0.25, 0.3) is 10.9 Å². The number of hydrogen-bond acceptors (Lipinski definition) is 2. The number of unbranched alkanes of at least 4 members (excludes halogenated alkanes) is 4. The second-order valence-electron chi connectivity index (χ2n) is 6.61. The molecule has 132 valence electrons. The number of benzene rings is 1. The Morgan fingerprint density at radius 3 is 2.29 bits per heavy atom. The lowest BCUT2D eigenvalue weighted by atomic mass is 10.2. The number of para-hydroxylation sites is 1. The molecule has 0 fully saturated rings. The molecule has 0 aliphatic carbocycles. The van der Waals surface area contributed by atoms with E-state index in [0.717, 1.165) is 49.4 Å². The van der Waals surface area contributed by atoms with Gasteiger partial charge in [0.2, 0.25) is 0 Å². The van der Waals surface area contributed by atoms with E-state index in [2.05, 4.69) is 18.8 Å². The zero-order valence-electron chi connectivity index (χ0n) is 14.9. The minimum absolute atomic E-state index is 0.477. The maximum atomic E-state index is 15.3. The fourth-order valence-electron chi connectivity index (χ4n) is 3.09. The number of aromatic nitrogens is 1. The van der Waals surface area contributed by atoms with Crippen molar-refractivity contribution in [2.45, 2.75) is 58.3 Å². The summed E-state index contributed by atoms with van der Waals surface area (Å²) in [5, 5.41) is 0.909. The van der Waals surface area contributed by atoms with Crippen LogP contribution in [0.2, 0.25) is 0 Å². The van der Waals surface area contributed by atoms with Gasteiger partial charge in [0, 0.05) is 29.5 Å². The van der Waals surface area contributed by atoms with Gasteiger partial charge in [-0.3, -0.25) is 4.98 Å². The number of rotatable bonds is 10. The van der Waals surface area contributed by atoms with Crippen molar-refractivity contribution in [2.24, 2.45) is 0 Å². The Morgan fingerprint density at radius 2 is 1.67 bits per heavy atom. The molecule has 4 heteroatoms. The number of alkyl halides is 1. The highest BCUT2D eigenvalue weighted by Crippen LogP contribution is 2.61. The van der Waals surface area contributed by atoms with Crippen molar-refractivity contribution in [1.29, 1.82) is 0 Å². The Hall–Kier alpha value is -1.21. The molecule has 0 saturated carbocycles. The van der Waals surface area contributed by atoms with Gasteiger partial charge in [0.25, 0.3) is 0 Å². The highest BCUT2D eigenvalue weighted by atomic mass is 31.2. The summed E-state index contributed by atoms with van der Waals surface area (Å²) in [6.07, 6.45) is 8.44. The Bertz CT molecular complexity index is 674. The highest BCUT2D eigenvalue weighted by Gasteiger charge is 2.33. The molecule has 0 N–H and O–H groups in total. The molecular weight excluding hydrogens is 320 g/mol. The molecule has 0 aliphatic rings. The van der Waals surface area contributed by atoms with E-state index in [1.165, 1.54) is 0 Å². The second-order valence-corrected chi connectivity index (χ2v) is 9.86. The quantitative estimate of drug-likeness (QED) is 0.343. The Labute approximate surface area is 145 Å². The standard InChI is InChI=1S/C20H29FNOP/c1-3-5-9-13-24(23,14-10-6-4-2)20(21)18-15-17-11-7-8-12-19(17)22-16-18/h7-8,11-12,15-16,20H,3-6,9-10,13-14H2,1-2H3. The molecule has 0 radical (unpaired) electrons. The lowest BCUT2D eigenvalue weighted by Crippen LogP contribution is -2.04. The summed E-state index contributed by atoms with van der Waals surface area (Å²) in [4.78, 5) is 4.35. The van der Waals surface area contributed by atoms with Crippen LogP contribution in [0.3, 0.4) is 0 Å². The van der Waals surface area contributed by atoms with Crippen LogP contribution in [0.4, 0.5) is 4.39 Å². The summed E-state index contributed by atoms with van der Waals surface area (Å²) in [6.45, 7) is 4.23. The normalized spacial score (nSPS) is 13.3. The van der Waals surface area contributed by atoms with Gasteiger partial charge >= 0.3 is 0 Å². The maximum Gasteiger partial charge on any atom is 0.179 e. The predicted molar refractivity (Wildman–Crippen MR) is 102 cm³/mol. The van der Waals surface area contributed by atoms with Crippen molar-refractivity contribution >= 4 is 18.0 Å². The zero-order chi connectivity index (χ0) is 17.4. The van der Waals surface area contributed by atoms with Gasteiger partial charge in [-0.1, -0.05) is 57.7 Å². The number of nitrogens with zero attached hydrogens (tertiary/aromatic N) is 1. The van der Waals surface area contributed by atoms with Gasteiger partial charge in [-0.2, -0.15) is 0 Å². The van der Waals surface area contributed by atoms with Crippen LogP contribution >= 0.6 is 7.14 Å². The molecule has 1 unspecified atom stereocenters. The fraction of sp³-hybridized carbons (Fsp3) is 0.550. The van der Waals surface area contributed by atoms with E-state index < -0.39 is 13.1 Å². The first-order chi connectivity index (χ1) is 11.6. The van der Waals surface area contributed by atoms with Gasteiger partial charge in [-0.25, -0.2) is 4.39 Å². The highest BCUT2D eigenvalue weighted by molar-refractivity contribution is 7.64. The van der Waals surface area contributed by atoms with E-state index in [4.69, 9.17) is 0 Å². The monoisotopic (exact) mass is 349 g/mol. The molecule has 0 aliphatic heterocycles. The van der Waals surface area contributed by atoms with Crippen molar-refractivity contribution in [3.63, 3.8) is 0 Å². The minimum atomic E-state index is -2.88. The Balaban J connectivity index is 2.22. The third-order valence-corrected chi connectivity index (χ3v) is 7.85. The average Bonchev–Trinajstić information content (AvgIpc) is 2.61. The Kier molecular flexibility index (Phi) is 7.42. The van der Waals surface area contributed by atoms with Crippen LogP contribution in [0, 0.1) is 0 Å². The van der Waals surface area contributed by atoms with Crippen molar-refractivity contribution in [2.75, 3.05) is 12.3 Å². The number of hydrogen-bond donors (Lipinski definition) is 0. The van der Waals surface area contributed by atoms with Crippen LogP contribution < -0.4 is 0 Å². The molecular formula is C20H29FNOP. The van der Waals surface area contributed by atoms with Gasteiger partial charge in [-0.15, -0.1) is 0 Å². The lowest BCUT2D eigenvalue weighted by Gasteiger charge is -2.23. The van der Waals surface area contributed by atoms with E-state index in [9.17, 15) is 4.57 Å². The summed E-state index contributed by atoms with van der Waals surface area (Å²) in [5.74, 6) is -1.39. The number of pyridine rings is 1. The Morgan fingerprint density at radius 1 is 1.04 bits per heavy atom. The first-order valence-electron chi connectivity index (χ1n) is 9.17. The van der Waals surface area contributed by atoms with Gasteiger partial charge in [0.15, 0.2) is 5.91 Å². The minimum Gasteiger partial charge on any atom is -0.320 e. The molecule has 0 spiro atoms. The molecule has 2 rings (SSSR count). The first kappa shape index (κ1) is 19.1. The van der Waals surface area contributed by atoms with E-state index >= 15 is 4.39 Å².